The summed E-state index contributed by atoms with van der Waals surface area (Å²) in [5.41, 5.74) is 0.0453. The number of rotatable bonds is 5. The first-order valence-electron chi connectivity index (χ1n) is 12.2. The molecule has 34 heavy (non-hydrogen) atoms. The first kappa shape index (κ1) is 22.4. The Morgan fingerprint density at radius 3 is 2.44 bits per heavy atom. The maximum absolute atomic E-state index is 13.4. The van der Waals surface area contributed by atoms with Gasteiger partial charge in [0, 0.05) is 38.8 Å². The number of imide groups is 1. The molecule has 4 amide bonds. The molecule has 8 nitrogen and oxygen atoms in total. The number of piperidine rings is 2. The topological polar surface area (TPSA) is 94.6 Å². The van der Waals surface area contributed by atoms with Gasteiger partial charge in [0.15, 0.2) is 0 Å². The van der Waals surface area contributed by atoms with Crippen LogP contribution in [0.4, 0.5) is 10.6 Å². The zero-order valence-corrected chi connectivity index (χ0v) is 19.3. The first-order valence-corrected chi connectivity index (χ1v) is 12.2. The largest absolute Gasteiger partial charge is 0.356 e. The number of amides is 4. The molecule has 178 valence electrons. The molecule has 8 heteroatoms. The number of likely N-dealkylation sites (tertiary alicyclic amines) is 1. The quantitative estimate of drug-likeness (QED) is 0.667. The molecule has 1 aromatic heterocycles. The minimum atomic E-state index is -0.964. The molecule has 0 saturated carbocycles. The first-order chi connectivity index (χ1) is 16.5. The fourth-order valence-electron chi connectivity index (χ4n) is 5.76. The third-order valence-electron chi connectivity index (χ3n) is 7.54. The van der Waals surface area contributed by atoms with E-state index in [1.807, 2.05) is 53.4 Å². The van der Waals surface area contributed by atoms with E-state index in [1.165, 1.54) is 0 Å². The summed E-state index contributed by atoms with van der Waals surface area (Å²) >= 11 is 0. The highest BCUT2D eigenvalue weighted by Crippen LogP contribution is 2.35. The lowest BCUT2D eigenvalue weighted by molar-refractivity contribution is -0.138. The number of benzene rings is 1. The van der Waals surface area contributed by atoms with Crippen molar-refractivity contribution in [3.8, 4) is 0 Å². The van der Waals surface area contributed by atoms with Crippen molar-refractivity contribution in [1.82, 2.24) is 20.5 Å². The van der Waals surface area contributed by atoms with Gasteiger partial charge in [-0.1, -0.05) is 36.4 Å². The fraction of sp³-hybridized carbons (Fsp3) is 0.462. The van der Waals surface area contributed by atoms with Gasteiger partial charge in [0.25, 0.3) is 5.91 Å². The normalized spacial score (nSPS) is 25.7. The van der Waals surface area contributed by atoms with Gasteiger partial charge < -0.3 is 15.1 Å². The van der Waals surface area contributed by atoms with Crippen molar-refractivity contribution >= 4 is 23.7 Å². The molecule has 2 aromatic rings. The smallest absolute Gasteiger partial charge is 0.322 e. The minimum Gasteiger partial charge on any atom is -0.356 e. The maximum Gasteiger partial charge on any atom is 0.322 e. The third kappa shape index (κ3) is 4.36. The van der Waals surface area contributed by atoms with E-state index in [1.54, 1.807) is 6.20 Å². The highest BCUT2D eigenvalue weighted by molar-refractivity contribution is 6.07. The minimum absolute atomic E-state index is 0.0282. The Morgan fingerprint density at radius 2 is 1.76 bits per heavy atom. The van der Waals surface area contributed by atoms with Crippen LogP contribution in [-0.4, -0.2) is 59.4 Å². The van der Waals surface area contributed by atoms with Crippen molar-refractivity contribution in [3.05, 3.63) is 60.3 Å². The van der Waals surface area contributed by atoms with E-state index in [-0.39, 0.29) is 23.7 Å². The number of hydrogen-bond donors (Lipinski definition) is 2. The van der Waals surface area contributed by atoms with Crippen LogP contribution in [0.1, 0.15) is 31.2 Å². The second kappa shape index (κ2) is 9.44. The van der Waals surface area contributed by atoms with Crippen LogP contribution in [0.5, 0.6) is 0 Å². The standard InChI is InChI=1S/C26H31N5O3/c32-23(20-9-6-14-31(18-20)22-10-4-5-13-27-22)30-15-11-21(12-16-30)26(24(33)28-25(34)29-26)17-19-7-2-1-3-8-19/h1-5,7-8,10,13,20-21H,6,9,11-12,14-18H2,(H2,28,29,33,34)/t20-,26+/m1/s1. The number of carbonyl (C=O) groups excluding carboxylic acids is 3. The van der Waals surface area contributed by atoms with Crippen LogP contribution in [0.3, 0.4) is 0 Å². The van der Waals surface area contributed by atoms with Crippen molar-refractivity contribution in [3.63, 3.8) is 0 Å². The van der Waals surface area contributed by atoms with Crippen LogP contribution < -0.4 is 15.5 Å². The molecule has 0 unspecified atom stereocenters. The average Bonchev–Trinajstić information content (AvgIpc) is 3.18. The molecule has 4 heterocycles. The summed E-state index contributed by atoms with van der Waals surface area (Å²) in [6, 6.07) is 15.2. The number of anilines is 1. The second-order valence-electron chi connectivity index (χ2n) is 9.61. The van der Waals surface area contributed by atoms with Gasteiger partial charge in [-0.25, -0.2) is 9.78 Å². The number of hydrogen-bond acceptors (Lipinski definition) is 5. The van der Waals surface area contributed by atoms with Gasteiger partial charge in [-0.3, -0.25) is 14.9 Å². The Morgan fingerprint density at radius 1 is 1.00 bits per heavy atom. The lowest BCUT2D eigenvalue weighted by Gasteiger charge is -2.42. The summed E-state index contributed by atoms with van der Waals surface area (Å²) in [6.45, 7) is 2.80. The van der Waals surface area contributed by atoms with Crippen molar-refractivity contribution in [2.75, 3.05) is 31.1 Å². The van der Waals surface area contributed by atoms with E-state index in [0.717, 1.165) is 30.8 Å². The average molecular weight is 462 g/mol. The van der Waals surface area contributed by atoms with E-state index in [9.17, 15) is 14.4 Å². The Bertz CT molecular complexity index is 1040. The summed E-state index contributed by atoms with van der Waals surface area (Å²) in [5.74, 6) is 0.782. The number of aromatic nitrogens is 1. The lowest BCUT2D eigenvalue weighted by atomic mass is 9.74. The molecule has 0 bridgehead atoms. The molecule has 3 aliphatic heterocycles. The Hall–Kier alpha value is -3.42. The third-order valence-corrected chi connectivity index (χ3v) is 7.54. The highest BCUT2D eigenvalue weighted by Gasteiger charge is 2.52. The monoisotopic (exact) mass is 461 g/mol. The molecule has 0 spiro atoms. The number of nitrogens with one attached hydrogen (secondary N) is 2. The maximum atomic E-state index is 13.4. The van der Waals surface area contributed by atoms with Crippen molar-refractivity contribution in [2.45, 2.75) is 37.6 Å². The van der Waals surface area contributed by atoms with Crippen LogP contribution in [0.2, 0.25) is 0 Å². The molecular weight excluding hydrogens is 430 g/mol. The Balaban J connectivity index is 1.24. The summed E-state index contributed by atoms with van der Waals surface area (Å²) in [6.07, 6.45) is 5.46. The Labute approximate surface area is 199 Å². The lowest BCUT2D eigenvalue weighted by Crippen LogP contribution is -2.58. The van der Waals surface area contributed by atoms with Crippen LogP contribution in [0.15, 0.2) is 54.7 Å². The number of pyridine rings is 1. The summed E-state index contributed by atoms with van der Waals surface area (Å²) in [7, 11) is 0. The summed E-state index contributed by atoms with van der Waals surface area (Å²) in [5, 5.41) is 5.40. The van der Waals surface area contributed by atoms with E-state index in [4.69, 9.17) is 0 Å². The van der Waals surface area contributed by atoms with Crippen LogP contribution in [0.25, 0.3) is 0 Å². The molecule has 2 atom stereocenters. The van der Waals surface area contributed by atoms with Crippen LogP contribution in [0, 0.1) is 11.8 Å². The van der Waals surface area contributed by atoms with Crippen molar-refractivity contribution in [2.24, 2.45) is 11.8 Å². The zero-order chi connectivity index (χ0) is 23.5. The van der Waals surface area contributed by atoms with Crippen LogP contribution in [-0.2, 0) is 16.0 Å². The van der Waals surface area contributed by atoms with Gasteiger partial charge >= 0.3 is 6.03 Å². The molecule has 3 fully saturated rings. The van der Waals surface area contributed by atoms with Gasteiger partial charge in [0.05, 0.1) is 5.92 Å². The SMILES string of the molecule is O=C1NC(=O)[C@](Cc2ccccc2)(C2CCN(C(=O)[C@@H]3CCCN(c4ccccn4)C3)CC2)N1. The molecule has 3 saturated heterocycles. The van der Waals surface area contributed by atoms with E-state index >= 15 is 0 Å². The van der Waals surface area contributed by atoms with Gasteiger partial charge in [-0.15, -0.1) is 0 Å². The molecular formula is C26H31N5O3. The zero-order valence-electron chi connectivity index (χ0n) is 19.3. The fourth-order valence-corrected chi connectivity index (χ4v) is 5.76. The second-order valence-corrected chi connectivity index (χ2v) is 9.61. The number of urea groups is 1. The molecule has 0 radical (unpaired) electrons. The molecule has 1 aromatic carbocycles. The van der Waals surface area contributed by atoms with Crippen molar-refractivity contribution in [1.29, 1.82) is 0 Å². The van der Waals surface area contributed by atoms with E-state index < -0.39 is 11.6 Å². The van der Waals surface area contributed by atoms with Gasteiger partial charge in [0.2, 0.25) is 5.91 Å². The summed E-state index contributed by atoms with van der Waals surface area (Å²) in [4.78, 5) is 47.0. The van der Waals surface area contributed by atoms with Gasteiger partial charge in [-0.2, -0.15) is 0 Å². The predicted octanol–water partition coefficient (Wildman–Crippen LogP) is 2.36. The Kier molecular flexibility index (Phi) is 6.22. The number of nitrogens with zero attached hydrogens (tertiary/aromatic N) is 3. The molecule has 3 aliphatic rings. The van der Waals surface area contributed by atoms with Gasteiger partial charge in [0.1, 0.15) is 11.4 Å². The molecule has 2 N–H and O–H groups in total. The summed E-state index contributed by atoms with van der Waals surface area (Å²) < 4.78 is 0. The van der Waals surface area contributed by atoms with Gasteiger partial charge in [-0.05, 0) is 49.3 Å². The molecule has 0 aliphatic carbocycles. The van der Waals surface area contributed by atoms with E-state index in [2.05, 4.69) is 20.5 Å². The predicted molar refractivity (Wildman–Crippen MR) is 128 cm³/mol. The van der Waals surface area contributed by atoms with Crippen molar-refractivity contribution < 1.29 is 14.4 Å². The molecule has 5 rings (SSSR count). The van der Waals surface area contributed by atoms with Crippen LogP contribution >= 0.6 is 0 Å². The van der Waals surface area contributed by atoms with E-state index in [0.29, 0.717) is 38.9 Å². The highest BCUT2D eigenvalue weighted by atomic mass is 16.2. The number of carbonyl (C=O) groups is 3.